The maximum absolute atomic E-state index is 13.6. The van der Waals surface area contributed by atoms with E-state index in [1.54, 1.807) is 25.6 Å². The first-order valence-electron chi connectivity index (χ1n) is 10.9. The minimum atomic E-state index is 0.0180. The lowest BCUT2D eigenvalue weighted by atomic mass is 10.2. The van der Waals surface area contributed by atoms with E-state index in [1.807, 2.05) is 53.4 Å². The van der Waals surface area contributed by atoms with Gasteiger partial charge in [-0.3, -0.25) is 4.79 Å². The highest BCUT2D eigenvalue weighted by atomic mass is 35.5. The van der Waals surface area contributed by atoms with E-state index in [4.69, 9.17) is 16.3 Å². The van der Waals surface area contributed by atoms with Gasteiger partial charge in [0.15, 0.2) is 0 Å². The zero-order chi connectivity index (χ0) is 22.8. The summed E-state index contributed by atoms with van der Waals surface area (Å²) in [7, 11) is 1.65. The van der Waals surface area contributed by atoms with E-state index in [2.05, 4.69) is 19.4 Å². The van der Waals surface area contributed by atoms with Crippen LogP contribution in [0.15, 0.2) is 67.0 Å². The molecular formula is C25H24ClN5O2. The molecule has 0 radical (unpaired) electrons. The number of hydrogen-bond acceptors (Lipinski definition) is 5. The SMILES string of the molecule is COc1ccc(Cn2c(C(=O)N3CCN(c4ncccn4)CC3)cc3cc(Cl)ccc32)cc1. The number of amides is 1. The van der Waals surface area contributed by atoms with E-state index >= 15 is 0 Å². The van der Waals surface area contributed by atoms with Crippen LogP contribution in [0, 0.1) is 0 Å². The van der Waals surface area contributed by atoms with Gasteiger partial charge in [0.25, 0.3) is 5.91 Å². The number of hydrogen-bond donors (Lipinski definition) is 0. The first-order chi connectivity index (χ1) is 16.1. The number of rotatable bonds is 5. The molecule has 1 saturated heterocycles. The second-order valence-electron chi connectivity index (χ2n) is 7.99. The fourth-order valence-corrected chi connectivity index (χ4v) is 4.41. The van der Waals surface area contributed by atoms with Gasteiger partial charge >= 0.3 is 0 Å². The molecule has 5 rings (SSSR count). The summed E-state index contributed by atoms with van der Waals surface area (Å²) in [4.78, 5) is 26.3. The normalized spacial score (nSPS) is 14.0. The number of benzene rings is 2. The summed E-state index contributed by atoms with van der Waals surface area (Å²) in [6, 6.07) is 17.4. The Hall–Kier alpha value is -3.58. The van der Waals surface area contributed by atoms with Crippen molar-refractivity contribution in [2.45, 2.75) is 6.54 Å². The highest BCUT2D eigenvalue weighted by molar-refractivity contribution is 6.31. The monoisotopic (exact) mass is 461 g/mol. The Kier molecular flexibility index (Phi) is 5.88. The summed E-state index contributed by atoms with van der Waals surface area (Å²) >= 11 is 6.24. The van der Waals surface area contributed by atoms with Crippen LogP contribution >= 0.6 is 11.6 Å². The quantitative estimate of drug-likeness (QED) is 0.447. The van der Waals surface area contributed by atoms with E-state index < -0.39 is 0 Å². The third-order valence-electron chi connectivity index (χ3n) is 5.98. The van der Waals surface area contributed by atoms with Crippen LogP contribution in [-0.4, -0.2) is 58.6 Å². The van der Waals surface area contributed by atoms with Crippen molar-refractivity contribution in [1.29, 1.82) is 0 Å². The fraction of sp³-hybridized carbons (Fsp3) is 0.240. The summed E-state index contributed by atoms with van der Waals surface area (Å²) in [5, 5.41) is 1.61. The van der Waals surface area contributed by atoms with Crippen LogP contribution < -0.4 is 9.64 Å². The first kappa shape index (κ1) is 21.3. The van der Waals surface area contributed by atoms with Crippen molar-refractivity contribution in [2.75, 3.05) is 38.2 Å². The van der Waals surface area contributed by atoms with Gasteiger partial charge in [-0.2, -0.15) is 0 Å². The standard InChI is InChI=1S/C25H24ClN5O2/c1-33-21-6-3-18(4-7-21)17-31-22-8-5-20(26)15-19(22)16-23(31)24(32)29-11-13-30(14-12-29)25-27-9-2-10-28-25/h2-10,15-16H,11-14,17H2,1H3. The van der Waals surface area contributed by atoms with Gasteiger partial charge < -0.3 is 19.1 Å². The van der Waals surface area contributed by atoms with Crippen molar-refractivity contribution in [3.63, 3.8) is 0 Å². The second-order valence-corrected chi connectivity index (χ2v) is 8.43. The summed E-state index contributed by atoms with van der Waals surface area (Å²) in [5.74, 6) is 1.52. The third-order valence-corrected chi connectivity index (χ3v) is 6.22. The molecule has 1 aliphatic rings. The number of carbonyl (C=O) groups excluding carboxylic acids is 1. The molecule has 0 saturated carbocycles. The molecule has 0 spiro atoms. The molecule has 3 heterocycles. The van der Waals surface area contributed by atoms with Gasteiger partial charge in [-0.15, -0.1) is 0 Å². The largest absolute Gasteiger partial charge is 0.497 e. The molecule has 8 heteroatoms. The number of ether oxygens (including phenoxy) is 1. The molecule has 2 aromatic heterocycles. The maximum Gasteiger partial charge on any atom is 0.270 e. The Morgan fingerprint density at radius 2 is 1.73 bits per heavy atom. The molecule has 4 aromatic rings. The average Bonchev–Trinajstić information content (AvgIpc) is 3.21. The minimum Gasteiger partial charge on any atom is -0.497 e. The van der Waals surface area contributed by atoms with Gasteiger partial charge in [-0.1, -0.05) is 23.7 Å². The van der Waals surface area contributed by atoms with Crippen molar-refractivity contribution in [1.82, 2.24) is 19.4 Å². The fourth-order valence-electron chi connectivity index (χ4n) is 4.23. The third kappa shape index (κ3) is 4.36. The number of piperazine rings is 1. The summed E-state index contributed by atoms with van der Waals surface area (Å²) in [6.07, 6.45) is 3.48. The van der Waals surface area contributed by atoms with Crippen LogP contribution in [0.3, 0.4) is 0 Å². The number of carbonyl (C=O) groups is 1. The van der Waals surface area contributed by atoms with Crippen molar-refractivity contribution < 1.29 is 9.53 Å². The topological polar surface area (TPSA) is 63.5 Å². The van der Waals surface area contributed by atoms with E-state index in [9.17, 15) is 4.79 Å². The average molecular weight is 462 g/mol. The zero-order valence-electron chi connectivity index (χ0n) is 18.3. The molecule has 33 heavy (non-hydrogen) atoms. The Balaban J connectivity index is 1.42. The number of methoxy groups -OCH3 is 1. The molecule has 2 aromatic carbocycles. The number of halogens is 1. The van der Waals surface area contributed by atoms with Crippen molar-refractivity contribution in [3.05, 3.63) is 83.3 Å². The molecule has 1 fully saturated rings. The molecular weight excluding hydrogens is 438 g/mol. The van der Waals surface area contributed by atoms with Crippen LogP contribution in [0.1, 0.15) is 16.1 Å². The maximum atomic E-state index is 13.6. The zero-order valence-corrected chi connectivity index (χ0v) is 19.1. The number of fused-ring (bicyclic) bond motifs is 1. The van der Waals surface area contributed by atoms with Gasteiger partial charge in [0, 0.05) is 61.0 Å². The Labute approximate surface area is 197 Å². The van der Waals surface area contributed by atoms with E-state index in [-0.39, 0.29) is 5.91 Å². The van der Waals surface area contributed by atoms with Crippen LogP contribution in [0.2, 0.25) is 5.02 Å². The summed E-state index contributed by atoms with van der Waals surface area (Å²) in [5.41, 5.74) is 2.73. The second kappa shape index (κ2) is 9.11. The Morgan fingerprint density at radius 1 is 1.00 bits per heavy atom. The number of nitrogens with zero attached hydrogens (tertiary/aromatic N) is 5. The molecule has 0 unspecified atom stereocenters. The molecule has 168 valence electrons. The lowest BCUT2D eigenvalue weighted by Gasteiger charge is -2.34. The van der Waals surface area contributed by atoms with E-state index in [0.29, 0.717) is 49.4 Å². The van der Waals surface area contributed by atoms with Crippen molar-refractivity contribution in [2.24, 2.45) is 0 Å². The smallest absolute Gasteiger partial charge is 0.270 e. The van der Waals surface area contributed by atoms with Crippen molar-refractivity contribution >= 4 is 34.4 Å². The van der Waals surface area contributed by atoms with Crippen LogP contribution in [0.5, 0.6) is 5.75 Å². The minimum absolute atomic E-state index is 0.0180. The van der Waals surface area contributed by atoms with Crippen LogP contribution in [0.25, 0.3) is 10.9 Å². The predicted octanol–water partition coefficient (Wildman–Crippen LogP) is 4.10. The molecule has 1 aliphatic heterocycles. The van der Waals surface area contributed by atoms with E-state index in [1.165, 1.54) is 0 Å². The first-order valence-corrected chi connectivity index (χ1v) is 11.2. The lowest BCUT2D eigenvalue weighted by molar-refractivity contribution is 0.0736. The predicted molar refractivity (Wildman–Crippen MR) is 129 cm³/mol. The molecule has 0 bridgehead atoms. The summed E-state index contributed by atoms with van der Waals surface area (Å²) < 4.78 is 7.35. The van der Waals surface area contributed by atoms with Gasteiger partial charge in [0.2, 0.25) is 5.95 Å². The van der Waals surface area contributed by atoms with Gasteiger partial charge in [-0.05, 0) is 48.0 Å². The number of aromatic nitrogens is 3. The molecule has 0 aliphatic carbocycles. The molecule has 1 amide bonds. The van der Waals surface area contributed by atoms with Gasteiger partial charge in [0.05, 0.1) is 7.11 Å². The molecule has 7 nitrogen and oxygen atoms in total. The van der Waals surface area contributed by atoms with Crippen LogP contribution in [-0.2, 0) is 6.54 Å². The summed E-state index contributed by atoms with van der Waals surface area (Å²) in [6.45, 7) is 3.19. The van der Waals surface area contributed by atoms with Crippen molar-refractivity contribution in [3.8, 4) is 5.75 Å². The van der Waals surface area contributed by atoms with Gasteiger partial charge in [0.1, 0.15) is 11.4 Å². The lowest BCUT2D eigenvalue weighted by Crippen LogP contribution is -2.49. The van der Waals surface area contributed by atoms with Crippen LogP contribution in [0.4, 0.5) is 5.95 Å². The molecule has 0 atom stereocenters. The Morgan fingerprint density at radius 3 is 2.42 bits per heavy atom. The Bertz CT molecular complexity index is 1270. The van der Waals surface area contributed by atoms with E-state index in [0.717, 1.165) is 22.2 Å². The molecule has 0 N–H and O–H groups in total. The van der Waals surface area contributed by atoms with Gasteiger partial charge in [-0.25, -0.2) is 9.97 Å². The highest BCUT2D eigenvalue weighted by Crippen LogP contribution is 2.26. The number of anilines is 1. The highest BCUT2D eigenvalue weighted by Gasteiger charge is 2.26.